The van der Waals surface area contributed by atoms with Crippen LogP contribution in [0.2, 0.25) is 0 Å². The molecule has 0 saturated heterocycles. The number of fused-ring (bicyclic) bond motifs is 3. The highest BCUT2D eigenvalue weighted by molar-refractivity contribution is 6.20. The lowest BCUT2D eigenvalue weighted by atomic mass is 10.1. The molecule has 0 unspecified atom stereocenters. The normalized spacial score (nSPS) is 12.4. The Hall–Kier alpha value is -2.43. The monoisotopic (exact) mass is 214 g/mol. The van der Waals surface area contributed by atoms with E-state index in [0.29, 0.717) is 11.3 Å². The summed E-state index contributed by atoms with van der Waals surface area (Å²) < 4.78 is 0. The number of nitro benzene ring substituents is 1. The second-order valence-electron chi connectivity index (χ2n) is 3.58. The summed E-state index contributed by atoms with van der Waals surface area (Å²) in [7, 11) is 0. The number of nitro groups is 1. The SMILES string of the molecule is O=C1c2cc([N+](=O)[O-])ccc2-c2cc[nH]c21. The molecule has 1 heterocycles. The Balaban J connectivity index is 2.27. The number of carbonyl (C=O) groups excluding carboxylic acids is 1. The molecule has 0 atom stereocenters. The molecule has 0 amide bonds. The molecule has 0 radical (unpaired) electrons. The van der Waals surface area contributed by atoms with Crippen LogP contribution in [0, 0.1) is 10.1 Å². The predicted octanol–water partition coefficient (Wildman–Crippen LogP) is 2.13. The van der Waals surface area contributed by atoms with Crippen LogP contribution in [0.5, 0.6) is 0 Å². The topological polar surface area (TPSA) is 76.0 Å². The summed E-state index contributed by atoms with van der Waals surface area (Å²) in [6.45, 7) is 0. The molecule has 1 aliphatic carbocycles. The molecule has 0 bridgehead atoms. The van der Waals surface area contributed by atoms with Gasteiger partial charge in [0.15, 0.2) is 0 Å². The number of hydrogen-bond donors (Lipinski definition) is 1. The zero-order valence-corrected chi connectivity index (χ0v) is 8.06. The molecule has 0 fully saturated rings. The predicted molar refractivity (Wildman–Crippen MR) is 56.3 cm³/mol. The average molecular weight is 214 g/mol. The second-order valence-corrected chi connectivity index (χ2v) is 3.58. The fourth-order valence-electron chi connectivity index (χ4n) is 1.98. The molecule has 3 rings (SSSR count). The third-order valence-corrected chi connectivity index (χ3v) is 2.72. The van der Waals surface area contributed by atoms with E-state index in [0.717, 1.165) is 11.1 Å². The molecule has 0 saturated carbocycles. The minimum absolute atomic E-state index is 0.0581. The van der Waals surface area contributed by atoms with E-state index in [1.165, 1.54) is 12.1 Å². The number of H-pyrrole nitrogens is 1. The maximum Gasteiger partial charge on any atom is 0.270 e. The number of rotatable bonds is 1. The van der Waals surface area contributed by atoms with Crippen LogP contribution in [0.15, 0.2) is 30.5 Å². The van der Waals surface area contributed by atoms with Crippen LogP contribution >= 0.6 is 0 Å². The number of non-ortho nitro benzene ring substituents is 1. The number of nitrogens with one attached hydrogen (secondary N) is 1. The lowest BCUT2D eigenvalue weighted by Gasteiger charge is -1.97. The lowest BCUT2D eigenvalue weighted by Crippen LogP contribution is -1.97. The first-order valence-corrected chi connectivity index (χ1v) is 4.69. The summed E-state index contributed by atoms with van der Waals surface area (Å²) in [6, 6.07) is 6.15. The molecule has 78 valence electrons. The summed E-state index contributed by atoms with van der Waals surface area (Å²) in [5.41, 5.74) is 2.42. The minimum Gasteiger partial charge on any atom is -0.358 e. The fraction of sp³-hybridized carbons (Fsp3) is 0. The molecule has 1 aliphatic rings. The Bertz CT molecular complexity index is 628. The molecular formula is C11H6N2O3. The van der Waals surface area contributed by atoms with Gasteiger partial charge in [0, 0.05) is 29.5 Å². The van der Waals surface area contributed by atoms with E-state index in [-0.39, 0.29) is 11.5 Å². The van der Waals surface area contributed by atoms with Crippen LogP contribution in [0.3, 0.4) is 0 Å². The van der Waals surface area contributed by atoms with Gasteiger partial charge in [0.1, 0.15) is 0 Å². The van der Waals surface area contributed by atoms with E-state index < -0.39 is 4.92 Å². The zero-order chi connectivity index (χ0) is 11.3. The van der Waals surface area contributed by atoms with Crippen molar-refractivity contribution < 1.29 is 9.72 Å². The van der Waals surface area contributed by atoms with Crippen molar-refractivity contribution >= 4 is 11.5 Å². The lowest BCUT2D eigenvalue weighted by molar-refractivity contribution is -0.384. The molecule has 5 nitrogen and oxygen atoms in total. The number of hydrogen-bond acceptors (Lipinski definition) is 3. The van der Waals surface area contributed by atoms with Crippen molar-refractivity contribution in [3.05, 3.63) is 51.8 Å². The third-order valence-electron chi connectivity index (χ3n) is 2.72. The molecule has 0 aliphatic heterocycles. The Morgan fingerprint density at radius 1 is 1.12 bits per heavy atom. The van der Waals surface area contributed by atoms with Crippen molar-refractivity contribution in [1.82, 2.24) is 4.98 Å². The van der Waals surface area contributed by atoms with Crippen LogP contribution < -0.4 is 0 Å². The first-order chi connectivity index (χ1) is 7.68. The number of aromatic amines is 1. The Kier molecular flexibility index (Phi) is 1.54. The van der Waals surface area contributed by atoms with E-state index >= 15 is 0 Å². The third kappa shape index (κ3) is 0.967. The van der Waals surface area contributed by atoms with Crippen molar-refractivity contribution in [2.45, 2.75) is 0 Å². The second kappa shape index (κ2) is 2.79. The highest BCUT2D eigenvalue weighted by Crippen LogP contribution is 2.37. The molecule has 5 heteroatoms. The van der Waals surface area contributed by atoms with Crippen molar-refractivity contribution in [3.63, 3.8) is 0 Å². The van der Waals surface area contributed by atoms with Gasteiger partial charge in [-0.2, -0.15) is 0 Å². The Labute approximate surface area is 89.9 Å². The first kappa shape index (κ1) is 8.84. The number of aromatic nitrogens is 1. The first-order valence-electron chi connectivity index (χ1n) is 4.69. The number of carbonyl (C=O) groups is 1. The van der Waals surface area contributed by atoms with Crippen LogP contribution in [0.25, 0.3) is 11.1 Å². The Morgan fingerprint density at radius 3 is 2.69 bits per heavy atom. The molecular weight excluding hydrogens is 208 g/mol. The van der Waals surface area contributed by atoms with Crippen LogP contribution in [0.1, 0.15) is 16.1 Å². The van der Waals surface area contributed by atoms with Crippen LogP contribution in [-0.4, -0.2) is 15.7 Å². The summed E-state index contributed by atoms with van der Waals surface area (Å²) in [5.74, 6) is -0.182. The number of benzene rings is 1. The van der Waals surface area contributed by atoms with Crippen molar-refractivity contribution in [2.24, 2.45) is 0 Å². The zero-order valence-electron chi connectivity index (χ0n) is 8.06. The van der Waals surface area contributed by atoms with E-state index in [2.05, 4.69) is 4.98 Å². The van der Waals surface area contributed by atoms with Gasteiger partial charge in [-0.25, -0.2) is 0 Å². The quantitative estimate of drug-likeness (QED) is 0.498. The average Bonchev–Trinajstić information content (AvgIpc) is 2.83. The maximum absolute atomic E-state index is 11.9. The number of ketones is 1. The standard InChI is InChI=1S/C11H6N2O3/c14-11-9-5-6(13(15)16)1-2-7(9)8-3-4-12-10(8)11/h1-5,12H. The van der Waals surface area contributed by atoms with E-state index in [4.69, 9.17) is 0 Å². The molecule has 2 aromatic rings. The van der Waals surface area contributed by atoms with E-state index in [1.54, 1.807) is 18.3 Å². The molecule has 1 aromatic carbocycles. The summed E-state index contributed by atoms with van der Waals surface area (Å²) >= 11 is 0. The van der Waals surface area contributed by atoms with Gasteiger partial charge >= 0.3 is 0 Å². The van der Waals surface area contributed by atoms with E-state index in [1.807, 2.05) is 0 Å². The maximum atomic E-state index is 11.9. The highest BCUT2D eigenvalue weighted by atomic mass is 16.6. The smallest absolute Gasteiger partial charge is 0.270 e. The summed E-state index contributed by atoms with van der Waals surface area (Å²) in [6.07, 6.45) is 1.69. The number of nitrogens with zero attached hydrogens (tertiary/aromatic N) is 1. The van der Waals surface area contributed by atoms with Gasteiger partial charge in [-0.1, -0.05) is 0 Å². The molecule has 16 heavy (non-hydrogen) atoms. The highest BCUT2D eigenvalue weighted by Gasteiger charge is 2.29. The largest absolute Gasteiger partial charge is 0.358 e. The van der Waals surface area contributed by atoms with Gasteiger partial charge in [-0.15, -0.1) is 0 Å². The summed E-state index contributed by atoms with van der Waals surface area (Å²) in [4.78, 5) is 24.8. The van der Waals surface area contributed by atoms with Crippen molar-refractivity contribution in [3.8, 4) is 11.1 Å². The van der Waals surface area contributed by atoms with Crippen molar-refractivity contribution in [1.29, 1.82) is 0 Å². The van der Waals surface area contributed by atoms with Gasteiger partial charge in [0.2, 0.25) is 5.78 Å². The fourth-order valence-corrected chi connectivity index (χ4v) is 1.98. The van der Waals surface area contributed by atoms with Gasteiger partial charge in [0.25, 0.3) is 5.69 Å². The van der Waals surface area contributed by atoms with Gasteiger partial charge in [0.05, 0.1) is 10.6 Å². The summed E-state index contributed by atoms with van der Waals surface area (Å²) in [5, 5.41) is 10.6. The molecule has 0 spiro atoms. The Morgan fingerprint density at radius 2 is 1.94 bits per heavy atom. The van der Waals surface area contributed by atoms with Gasteiger partial charge < -0.3 is 4.98 Å². The van der Waals surface area contributed by atoms with E-state index in [9.17, 15) is 14.9 Å². The van der Waals surface area contributed by atoms with Crippen molar-refractivity contribution in [2.75, 3.05) is 0 Å². The molecule has 1 aromatic heterocycles. The van der Waals surface area contributed by atoms with Crippen LogP contribution in [0.4, 0.5) is 5.69 Å². The minimum atomic E-state index is -0.500. The van der Waals surface area contributed by atoms with Gasteiger partial charge in [-0.3, -0.25) is 14.9 Å². The van der Waals surface area contributed by atoms with Gasteiger partial charge in [-0.05, 0) is 17.7 Å². The molecule has 1 N–H and O–H groups in total. The van der Waals surface area contributed by atoms with Crippen LogP contribution in [-0.2, 0) is 0 Å².